The predicted octanol–water partition coefficient (Wildman–Crippen LogP) is 0.802. The minimum atomic E-state index is -1.60. The summed E-state index contributed by atoms with van der Waals surface area (Å²) < 4.78 is 5.13. The average Bonchev–Trinajstić information content (AvgIpc) is 2.28. The average molecular weight is 290 g/mol. The Morgan fingerprint density at radius 2 is 2.31 bits per heavy atom. The molecule has 0 radical (unpaired) electrons. The van der Waals surface area contributed by atoms with Gasteiger partial charge in [0, 0.05) is 22.4 Å². The summed E-state index contributed by atoms with van der Waals surface area (Å²) in [5.41, 5.74) is 0.385. The molecule has 0 aliphatic rings. The molecule has 16 heavy (non-hydrogen) atoms. The zero-order chi connectivity index (χ0) is 12.1. The zero-order valence-corrected chi connectivity index (χ0v) is 10.2. The van der Waals surface area contributed by atoms with Crippen LogP contribution < -0.4 is 0 Å². The summed E-state index contributed by atoms with van der Waals surface area (Å²) in [5, 5.41) is 19.3. The number of nitrogens with zero attached hydrogens (tertiary/aromatic N) is 1. The molecular weight excluding hydrogens is 278 g/mol. The van der Waals surface area contributed by atoms with Gasteiger partial charge in [0.2, 0.25) is 0 Å². The van der Waals surface area contributed by atoms with E-state index in [4.69, 9.17) is 0 Å². The number of hydrogen-bond acceptors (Lipinski definition) is 5. The van der Waals surface area contributed by atoms with Crippen LogP contribution in [0.25, 0.3) is 0 Å². The van der Waals surface area contributed by atoms with Gasteiger partial charge >= 0.3 is 5.97 Å². The summed E-state index contributed by atoms with van der Waals surface area (Å²) >= 11 is 3.17. The molecule has 2 N–H and O–H groups in total. The summed E-state index contributed by atoms with van der Waals surface area (Å²) in [5.74, 6) is -0.848. The summed E-state index contributed by atoms with van der Waals surface area (Å²) in [7, 11) is 0. The Morgan fingerprint density at radius 1 is 1.62 bits per heavy atom. The number of rotatable bonds is 4. The number of aliphatic hydroxyl groups excluding tert-OH is 2. The lowest BCUT2D eigenvalue weighted by molar-refractivity contribution is -0.159. The van der Waals surface area contributed by atoms with Gasteiger partial charge in [-0.15, -0.1) is 0 Å². The van der Waals surface area contributed by atoms with Crippen LogP contribution in [0.5, 0.6) is 0 Å². The number of hydrogen-bond donors (Lipinski definition) is 2. The van der Waals surface area contributed by atoms with E-state index in [0.29, 0.717) is 10.0 Å². The fourth-order valence-electron chi connectivity index (χ4n) is 1.15. The normalized spacial score (nSPS) is 14.2. The molecule has 1 heterocycles. The highest BCUT2D eigenvalue weighted by molar-refractivity contribution is 9.10. The first kappa shape index (κ1) is 13.1. The van der Waals surface area contributed by atoms with Crippen molar-refractivity contribution in [3.8, 4) is 0 Å². The summed E-state index contributed by atoms with van der Waals surface area (Å²) in [6, 6.07) is 1.51. The number of carbonyl (C=O) groups excluding carboxylic acids is 1. The lowest BCUT2D eigenvalue weighted by atomic mass is 10.1. The van der Waals surface area contributed by atoms with Gasteiger partial charge in [0.15, 0.2) is 6.10 Å². The second-order valence-corrected chi connectivity index (χ2v) is 3.89. The van der Waals surface area contributed by atoms with Crippen LogP contribution in [-0.2, 0) is 9.53 Å². The van der Waals surface area contributed by atoms with Crippen molar-refractivity contribution >= 4 is 21.9 Å². The van der Waals surface area contributed by atoms with Crippen LogP contribution in [0.4, 0.5) is 0 Å². The molecule has 0 saturated carbocycles. The zero-order valence-electron chi connectivity index (χ0n) is 8.63. The second-order valence-electron chi connectivity index (χ2n) is 3.04. The number of halogens is 1. The van der Waals surface area contributed by atoms with Gasteiger partial charge in [-0.05, 0) is 28.9 Å². The summed E-state index contributed by atoms with van der Waals surface area (Å²) in [4.78, 5) is 15.0. The number of ether oxygens (including phenoxy) is 1. The van der Waals surface area contributed by atoms with Crippen molar-refractivity contribution in [1.29, 1.82) is 0 Å². The highest BCUT2D eigenvalue weighted by atomic mass is 79.9. The maximum absolute atomic E-state index is 11.2. The van der Waals surface area contributed by atoms with E-state index in [9.17, 15) is 15.0 Å². The minimum Gasteiger partial charge on any atom is -0.464 e. The SMILES string of the molecule is CCOC(=O)C(O)C(O)c1ccncc1Br. The molecule has 6 heteroatoms. The van der Waals surface area contributed by atoms with Gasteiger partial charge < -0.3 is 14.9 Å². The highest BCUT2D eigenvalue weighted by Crippen LogP contribution is 2.24. The van der Waals surface area contributed by atoms with Gasteiger partial charge in [0.25, 0.3) is 0 Å². The molecule has 0 aromatic carbocycles. The molecular formula is C10H12BrNO4. The summed E-state index contributed by atoms with van der Waals surface area (Å²) in [6.07, 6.45) is -0.00693. The van der Waals surface area contributed by atoms with E-state index in [1.807, 2.05) is 0 Å². The third-order valence-electron chi connectivity index (χ3n) is 1.95. The standard InChI is InChI=1S/C10H12BrNO4/c1-2-16-10(15)9(14)8(13)6-3-4-12-5-7(6)11/h3-5,8-9,13-14H,2H2,1H3. The summed E-state index contributed by atoms with van der Waals surface area (Å²) in [6.45, 7) is 1.78. The Labute approximate surface area is 101 Å². The first-order chi connectivity index (χ1) is 7.57. The minimum absolute atomic E-state index is 0.153. The van der Waals surface area contributed by atoms with Crippen LogP contribution in [-0.4, -0.2) is 33.9 Å². The number of esters is 1. The Bertz CT molecular complexity index is 372. The molecule has 0 aliphatic carbocycles. The van der Waals surface area contributed by atoms with Crippen molar-refractivity contribution in [2.24, 2.45) is 0 Å². The van der Waals surface area contributed by atoms with Crippen molar-refractivity contribution in [3.05, 3.63) is 28.5 Å². The van der Waals surface area contributed by atoms with E-state index >= 15 is 0 Å². The van der Waals surface area contributed by atoms with Crippen LogP contribution in [0.3, 0.4) is 0 Å². The monoisotopic (exact) mass is 289 g/mol. The smallest absolute Gasteiger partial charge is 0.338 e. The van der Waals surface area contributed by atoms with Crippen molar-refractivity contribution in [3.63, 3.8) is 0 Å². The van der Waals surface area contributed by atoms with Crippen molar-refractivity contribution in [2.75, 3.05) is 6.61 Å². The lowest BCUT2D eigenvalue weighted by Gasteiger charge is -2.17. The maximum Gasteiger partial charge on any atom is 0.338 e. The van der Waals surface area contributed by atoms with E-state index in [1.165, 1.54) is 18.5 Å². The number of aromatic nitrogens is 1. The van der Waals surface area contributed by atoms with Crippen LogP contribution in [0.15, 0.2) is 22.9 Å². The third-order valence-corrected chi connectivity index (χ3v) is 2.61. The van der Waals surface area contributed by atoms with Gasteiger partial charge in [0.1, 0.15) is 6.10 Å². The molecule has 2 unspecified atom stereocenters. The first-order valence-electron chi connectivity index (χ1n) is 4.70. The number of pyridine rings is 1. The molecule has 0 aliphatic heterocycles. The molecule has 0 fully saturated rings. The van der Waals surface area contributed by atoms with Gasteiger partial charge in [-0.3, -0.25) is 4.98 Å². The number of carbonyl (C=O) groups is 1. The predicted molar refractivity (Wildman–Crippen MR) is 59.5 cm³/mol. The van der Waals surface area contributed by atoms with Crippen molar-refractivity contribution in [2.45, 2.75) is 19.1 Å². The lowest BCUT2D eigenvalue weighted by Crippen LogP contribution is -2.30. The van der Waals surface area contributed by atoms with Crippen LogP contribution in [0.2, 0.25) is 0 Å². The topological polar surface area (TPSA) is 79.7 Å². The van der Waals surface area contributed by atoms with Gasteiger partial charge in [-0.1, -0.05) is 0 Å². The quantitative estimate of drug-likeness (QED) is 0.802. The fourth-order valence-corrected chi connectivity index (χ4v) is 1.64. The van der Waals surface area contributed by atoms with Crippen LogP contribution >= 0.6 is 15.9 Å². The Morgan fingerprint density at radius 3 is 2.88 bits per heavy atom. The Balaban J connectivity index is 2.82. The first-order valence-corrected chi connectivity index (χ1v) is 5.49. The second kappa shape index (κ2) is 5.93. The van der Waals surface area contributed by atoms with Gasteiger partial charge in [0.05, 0.1) is 6.61 Å². The molecule has 1 rings (SSSR count). The van der Waals surface area contributed by atoms with Gasteiger partial charge in [-0.25, -0.2) is 4.79 Å². The highest BCUT2D eigenvalue weighted by Gasteiger charge is 2.28. The Hall–Kier alpha value is -0.980. The van der Waals surface area contributed by atoms with Gasteiger partial charge in [-0.2, -0.15) is 0 Å². The third kappa shape index (κ3) is 3.01. The number of aliphatic hydroxyl groups is 2. The maximum atomic E-state index is 11.2. The molecule has 0 saturated heterocycles. The van der Waals surface area contributed by atoms with Crippen molar-refractivity contribution < 1.29 is 19.7 Å². The van der Waals surface area contributed by atoms with E-state index in [2.05, 4.69) is 25.7 Å². The van der Waals surface area contributed by atoms with E-state index in [1.54, 1.807) is 6.92 Å². The fraction of sp³-hybridized carbons (Fsp3) is 0.400. The molecule has 2 atom stereocenters. The van der Waals surface area contributed by atoms with E-state index in [0.717, 1.165) is 0 Å². The van der Waals surface area contributed by atoms with E-state index < -0.39 is 18.2 Å². The van der Waals surface area contributed by atoms with Crippen LogP contribution in [0, 0.1) is 0 Å². The molecule has 0 bridgehead atoms. The molecule has 88 valence electrons. The molecule has 0 amide bonds. The largest absolute Gasteiger partial charge is 0.464 e. The molecule has 1 aromatic heterocycles. The molecule has 1 aromatic rings. The molecule has 5 nitrogen and oxygen atoms in total. The Kier molecular flexibility index (Phi) is 4.85. The van der Waals surface area contributed by atoms with E-state index in [-0.39, 0.29) is 6.61 Å². The van der Waals surface area contributed by atoms with Crippen molar-refractivity contribution in [1.82, 2.24) is 4.98 Å². The molecule has 0 spiro atoms. The van der Waals surface area contributed by atoms with Crippen LogP contribution in [0.1, 0.15) is 18.6 Å².